The number of hydrogen-bond donors (Lipinski definition) is 1. The summed E-state index contributed by atoms with van der Waals surface area (Å²) >= 11 is 0. The molecule has 3 nitrogen and oxygen atoms in total. The zero-order valence-electron chi connectivity index (χ0n) is 9.95. The lowest BCUT2D eigenvalue weighted by molar-refractivity contribution is -0.0505. The molecule has 0 fully saturated rings. The summed E-state index contributed by atoms with van der Waals surface area (Å²) in [5.74, 6) is 0.208. The van der Waals surface area contributed by atoms with E-state index in [9.17, 15) is 8.78 Å². The van der Waals surface area contributed by atoms with Crippen LogP contribution in [0.5, 0.6) is 5.75 Å². The summed E-state index contributed by atoms with van der Waals surface area (Å²) in [6.45, 7) is 0.249. The monoisotopic (exact) mass is 245 g/mol. The van der Waals surface area contributed by atoms with E-state index in [-0.39, 0.29) is 11.9 Å². The Morgan fingerprint density at radius 3 is 2.65 bits per heavy atom. The van der Waals surface area contributed by atoms with Gasteiger partial charge in [-0.3, -0.25) is 0 Å². The number of benzene rings is 1. The van der Waals surface area contributed by atoms with Crippen molar-refractivity contribution in [1.82, 2.24) is 5.32 Å². The highest BCUT2D eigenvalue weighted by Gasteiger charge is 2.08. The van der Waals surface area contributed by atoms with Gasteiger partial charge in [0.25, 0.3) is 0 Å². The summed E-state index contributed by atoms with van der Waals surface area (Å²) in [6.07, 6.45) is 0.0816. The number of hydrogen-bond acceptors (Lipinski definition) is 3. The van der Waals surface area contributed by atoms with E-state index in [1.165, 1.54) is 6.07 Å². The molecule has 0 bridgehead atoms. The minimum absolute atomic E-state index is 0.0816. The maximum atomic E-state index is 12.1. The summed E-state index contributed by atoms with van der Waals surface area (Å²) < 4.78 is 33.8. The smallest absolute Gasteiger partial charge is 0.387 e. The fourth-order valence-electron chi connectivity index (χ4n) is 1.35. The Kier molecular flexibility index (Phi) is 5.86. The molecule has 1 atom stereocenters. The third-order valence-corrected chi connectivity index (χ3v) is 2.34. The van der Waals surface area contributed by atoms with E-state index in [1.807, 2.05) is 6.92 Å². The molecule has 1 aromatic carbocycles. The van der Waals surface area contributed by atoms with Gasteiger partial charge in [0.15, 0.2) is 0 Å². The fourth-order valence-corrected chi connectivity index (χ4v) is 1.35. The van der Waals surface area contributed by atoms with Crippen LogP contribution in [0.15, 0.2) is 24.3 Å². The summed E-state index contributed by atoms with van der Waals surface area (Å²) in [5.41, 5.74) is 0.705. The van der Waals surface area contributed by atoms with Crippen LogP contribution in [0.4, 0.5) is 8.78 Å². The number of para-hydroxylation sites is 1. The molecule has 0 aliphatic rings. The van der Waals surface area contributed by atoms with Crippen molar-refractivity contribution in [2.75, 3.05) is 13.7 Å². The van der Waals surface area contributed by atoms with E-state index in [1.54, 1.807) is 25.3 Å². The highest BCUT2D eigenvalue weighted by molar-refractivity contribution is 5.33. The summed E-state index contributed by atoms with van der Waals surface area (Å²) in [7, 11) is 1.63. The van der Waals surface area contributed by atoms with Crippen molar-refractivity contribution >= 4 is 0 Å². The molecule has 1 unspecified atom stereocenters. The molecule has 0 heterocycles. The lowest BCUT2D eigenvalue weighted by Gasteiger charge is -2.13. The van der Waals surface area contributed by atoms with Crippen molar-refractivity contribution in [3.05, 3.63) is 29.8 Å². The molecular weight excluding hydrogens is 228 g/mol. The molecular formula is C12H17F2NO2. The van der Waals surface area contributed by atoms with Gasteiger partial charge in [-0.15, -0.1) is 0 Å². The van der Waals surface area contributed by atoms with E-state index in [4.69, 9.17) is 4.74 Å². The summed E-state index contributed by atoms with van der Waals surface area (Å²) in [5, 5.41) is 3.12. The number of halogens is 2. The summed E-state index contributed by atoms with van der Waals surface area (Å²) in [6, 6.07) is 6.74. The fraction of sp³-hybridized carbons (Fsp3) is 0.500. The van der Waals surface area contributed by atoms with Gasteiger partial charge in [-0.25, -0.2) is 0 Å². The SMILES string of the molecule is COC(C)CNCc1ccccc1OC(F)F. The van der Waals surface area contributed by atoms with Crippen molar-refractivity contribution < 1.29 is 18.3 Å². The van der Waals surface area contributed by atoms with E-state index in [0.717, 1.165) is 0 Å². The van der Waals surface area contributed by atoms with Gasteiger partial charge < -0.3 is 14.8 Å². The first-order valence-electron chi connectivity index (χ1n) is 5.39. The number of rotatable bonds is 7. The van der Waals surface area contributed by atoms with Crippen LogP contribution in [0, 0.1) is 0 Å². The highest BCUT2D eigenvalue weighted by Crippen LogP contribution is 2.19. The molecule has 96 valence electrons. The molecule has 0 amide bonds. The molecule has 0 aliphatic carbocycles. The van der Waals surface area contributed by atoms with Gasteiger partial charge in [-0.1, -0.05) is 18.2 Å². The van der Waals surface area contributed by atoms with Crippen molar-refractivity contribution in [3.8, 4) is 5.75 Å². The van der Waals surface area contributed by atoms with Gasteiger partial charge in [-0.05, 0) is 13.0 Å². The Morgan fingerprint density at radius 1 is 1.29 bits per heavy atom. The van der Waals surface area contributed by atoms with Crippen molar-refractivity contribution in [3.63, 3.8) is 0 Å². The van der Waals surface area contributed by atoms with Crippen LogP contribution < -0.4 is 10.1 Å². The van der Waals surface area contributed by atoms with Crippen molar-refractivity contribution in [1.29, 1.82) is 0 Å². The average Bonchev–Trinajstić information content (AvgIpc) is 2.30. The van der Waals surface area contributed by atoms with Crippen molar-refractivity contribution in [2.45, 2.75) is 26.2 Å². The average molecular weight is 245 g/mol. The predicted molar refractivity (Wildman–Crippen MR) is 61.3 cm³/mol. The number of methoxy groups -OCH3 is 1. The topological polar surface area (TPSA) is 30.5 Å². The van der Waals surface area contributed by atoms with E-state index < -0.39 is 6.61 Å². The molecule has 1 N–H and O–H groups in total. The zero-order valence-corrected chi connectivity index (χ0v) is 9.95. The molecule has 0 spiro atoms. The van der Waals surface area contributed by atoms with Gasteiger partial charge in [0, 0.05) is 25.8 Å². The Morgan fingerprint density at radius 2 is 2.00 bits per heavy atom. The largest absolute Gasteiger partial charge is 0.434 e. The Balaban J connectivity index is 2.51. The first-order chi connectivity index (χ1) is 8.13. The van der Waals surface area contributed by atoms with Crippen LogP contribution in [0.2, 0.25) is 0 Å². The molecule has 0 radical (unpaired) electrons. The Labute approximate surface area is 99.7 Å². The second kappa shape index (κ2) is 7.19. The minimum atomic E-state index is -2.80. The predicted octanol–water partition coefficient (Wildman–Crippen LogP) is 2.41. The Bertz CT molecular complexity index is 334. The van der Waals surface area contributed by atoms with Gasteiger partial charge >= 0.3 is 6.61 Å². The molecule has 0 saturated heterocycles. The van der Waals surface area contributed by atoms with Crippen LogP contribution in [0.25, 0.3) is 0 Å². The van der Waals surface area contributed by atoms with Crippen LogP contribution in [0.3, 0.4) is 0 Å². The van der Waals surface area contributed by atoms with Gasteiger partial charge in [0.1, 0.15) is 5.75 Å². The van der Waals surface area contributed by atoms with Crippen molar-refractivity contribution in [2.24, 2.45) is 0 Å². The normalized spacial score (nSPS) is 12.8. The molecule has 0 aliphatic heterocycles. The second-order valence-corrected chi connectivity index (χ2v) is 3.66. The minimum Gasteiger partial charge on any atom is -0.434 e. The molecule has 1 aromatic rings. The molecule has 0 saturated carbocycles. The Hall–Kier alpha value is -1.20. The number of nitrogens with one attached hydrogen (secondary N) is 1. The van der Waals surface area contributed by atoms with Crippen LogP contribution in [-0.2, 0) is 11.3 Å². The lowest BCUT2D eigenvalue weighted by Crippen LogP contribution is -2.25. The maximum absolute atomic E-state index is 12.1. The zero-order chi connectivity index (χ0) is 12.7. The first-order valence-corrected chi connectivity index (χ1v) is 5.39. The first kappa shape index (κ1) is 13.9. The van der Waals surface area contributed by atoms with E-state index >= 15 is 0 Å². The van der Waals surface area contributed by atoms with Gasteiger partial charge in [0.05, 0.1) is 6.10 Å². The molecule has 0 aromatic heterocycles. The second-order valence-electron chi connectivity index (χ2n) is 3.66. The third-order valence-electron chi connectivity index (χ3n) is 2.34. The van der Waals surface area contributed by atoms with E-state index in [2.05, 4.69) is 10.1 Å². The number of alkyl halides is 2. The summed E-state index contributed by atoms with van der Waals surface area (Å²) in [4.78, 5) is 0. The highest BCUT2D eigenvalue weighted by atomic mass is 19.3. The molecule has 17 heavy (non-hydrogen) atoms. The standard InChI is InChI=1S/C12H17F2NO2/c1-9(16-2)7-15-8-10-5-3-4-6-11(10)17-12(13)14/h3-6,9,12,15H,7-8H2,1-2H3. The molecule has 5 heteroatoms. The lowest BCUT2D eigenvalue weighted by atomic mass is 10.2. The quantitative estimate of drug-likeness (QED) is 0.800. The maximum Gasteiger partial charge on any atom is 0.387 e. The molecule has 1 rings (SSSR count). The van der Waals surface area contributed by atoms with E-state index in [0.29, 0.717) is 18.7 Å². The number of ether oxygens (including phenoxy) is 2. The van der Waals surface area contributed by atoms with Crippen LogP contribution in [-0.4, -0.2) is 26.4 Å². The van der Waals surface area contributed by atoms with Gasteiger partial charge in [-0.2, -0.15) is 8.78 Å². The van der Waals surface area contributed by atoms with Gasteiger partial charge in [0.2, 0.25) is 0 Å². The van der Waals surface area contributed by atoms with Crippen LogP contribution in [0.1, 0.15) is 12.5 Å². The third kappa shape index (κ3) is 5.10. The van der Waals surface area contributed by atoms with Crippen LogP contribution >= 0.6 is 0 Å².